The van der Waals surface area contributed by atoms with E-state index in [-0.39, 0.29) is 0 Å². The number of anilines is 1. The zero-order valence-corrected chi connectivity index (χ0v) is 8.71. The van der Waals surface area contributed by atoms with Gasteiger partial charge in [-0.2, -0.15) is 0 Å². The Hall–Kier alpha value is -1.09. The number of halogens is 1. The van der Waals surface area contributed by atoms with E-state index in [0.717, 1.165) is 11.3 Å². The number of hydrogen-bond donors (Lipinski definition) is 1. The maximum atomic E-state index is 14.2. The lowest BCUT2D eigenvalue weighted by atomic mass is 9.89. The van der Waals surface area contributed by atoms with Crippen molar-refractivity contribution in [2.45, 2.75) is 24.9 Å². The minimum absolute atomic E-state index is 0.469. The lowest BCUT2D eigenvalue weighted by molar-refractivity contribution is -0.00815. The third-order valence-corrected chi connectivity index (χ3v) is 2.89. The Morgan fingerprint density at radius 1 is 1.20 bits per heavy atom. The van der Waals surface area contributed by atoms with Crippen LogP contribution in [0.25, 0.3) is 0 Å². The van der Waals surface area contributed by atoms with Crippen molar-refractivity contribution in [3.8, 4) is 0 Å². The highest BCUT2D eigenvalue weighted by molar-refractivity contribution is 5.39. The van der Waals surface area contributed by atoms with E-state index in [2.05, 4.69) is 0 Å². The Bertz CT molecular complexity index is 317. The summed E-state index contributed by atoms with van der Waals surface area (Å²) in [6.45, 7) is 1.07. The van der Waals surface area contributed by atoms with Gasteiger partial charge in [-0.3, -0.25) is 0 Å². The van der Waals surface area contributed by atoms with Crippen LogP contribution in [-0.2, 0) is 11.2 Å². The summed E-state index contributed by atoms with van der Waals surface area (Å²) in [5.74, 6) is 0. The second kappa shape index (κ2) is 4.19. The molecule has 0 aromatic heterocycles. The summed E-state index contributed by atoms with van der Waals surface area (Å²) < 4.78 is 19.4. The van der Waals surface area contributed by atoms with Gasteiger partial charge < -0.3 is 10.5 Å². The molecule has 1 fully saturated rings. The first-order chi connectivity index (χ1) is 7.18. The molecule has 2 nitrogen and oxygen atoms in total. The zero-order valence-electron chi connectivity index (χ0n) is 8.71. The summed E-state index contributed by atoms with van der Waals surface area (Å²) in [6, 6.07) is 7.42. The van der Waals surface area contributed by atoms with Crippen LogP contribution < -0.4 is 5.73 Å². The van der Waals surface area contributed by atoms with E-state index in [1.807, 2.05) is 24.3 Å². The second-order valence-corrected chi connectivity index (χ2v) is 4.18. The minimum Gasteiger partial charge on any atom is -0.399 e. The summed E-state index contributed by atoms with van der Waals surface area (Å²) in [4.78, 5) is 0. The average Bonchev–Trinajstić information content (AvgIpc) is 2.22. The highest BCUT2D eigenvalue weighted by Crippen LogP contribution is 2.29. The first kappa shape index (κ1) is 10.4. The SMILES string of the molecule is Nc1ccc(CC2(F)CCOCC2)cc1. The number of ether oxygens (including phenoxy) is 1. The third kappa shape index (κ3) is 2.69. The van der Waals surface area contributed by atoms with Crippen LogP contribution in [0.3, 0.4) is 0 Å². The van der Waals surface area contributed by atoms with Crippen LogP contribution in [0.4, 0.5) is 10.1 Å². The van der Waals surface area contributed by atoms with E-state index < -0.39 is 5.67 Å². The molecule has 1 aliphatic heterocycles. The van der Waals surface area contributed by atoms with Crippen LogP contribution in [0.15, 0.2) is 24.3 Å². The molecule has 0 aliphatic carbocycles. The fraction of sp³-hybridized carbons (Fsp3) is 0.500. The van der Waals surface area contributed by atoms with E-state index in [1.165, 1.54) is 0 Å². The van der Waals surface area contributed by atoms with Crippen molar-refractivity contribution in [2.75, 3.05) is 18.9 Å². The average molecular weight is 209 g/mol. The van der Waals surface area contributed by atoms with Crippen molar-refractivity contribution in [3.05, 3.63) is 29.8 Å². The molecule has 1 saturated heterocycles. The highest BCUT2D eigenvalue weighted by atomic mass is 19.1. The van der Waals surface area contributed by atoms with Gasteiger partial charge in [0, 0.05) is 38.2 Å². The monoisotopic (exact) mass is 209 g/mol. The number of nitrogens with two attached hydrogens (primary N) is 1. The first-order valence-electron chi connectivity index (χ1n) is 5.29. The molecule has 1 aromatic rings. The predicted molar refractivity (Wildman–Crippen MR) is 58.5 cm³/mol. The van der Waals surface area contributed by atoms with E-state index >= 15 is 0 Å². The standard InChI is InChI=1S/C12H16FNO/c13-12(5-7-15-8-6-12)9-10-1-3-11(14)4-2-10/h1-4H,5-9,14H2. The third-order valence-electron chi connectivity index (χ3n) is 2.89. The van der Waals surface area contributed by atoms with Crippen molar-refractivity contribution >= 4 is 5.69 Å². The van der Waals surface area contributed by atoms with Crippen LogP contribution in [-0.4, -0.2) is 18.9 Å². The molecule has 1 aromatic carbocycles. The van der Waals surface area contributed by atoms with Gasteiger partial charge in [-0.1, -0.05) is 12.1 Å². The molecule has 0 saturated carbocycles. The molecule has 15 heavy (non-hydrogen) atoms. The molecule has 1 aliphatic rings. The van der Waals surface area contributed by atoms with Crippen LogP contribution >= 0.6 is 0 Å². The van der Waals surface area contributed by atoms with Gasteiger partial charge in [0.2, 0.25) is 0 Å². The van der Waals surface area contributed by atoms with E-state index in [1.54, 1.807) is 0 Å². The van der Waals surface area contributed by atoms with E-state index in [9.17, 15) is 4.39 Å². The summed E-state index contributed by atoms with van der Waals surface area (Å²) >= 11 is 0. The maximum Gasteiger partial charge on any atom is 0.119 e. The van der Waals surface area contributed by atoms with Crippen LogP contribution in [0.2, 0.25) is 0 Å². The van der Waals surface area contributed by atoms with E-state index in [0.29, 0.717) is 32.5 Å². The molecule has 2 N–H and O–H groups in total. The number of nitrogen functional groups attached to an aromatic ring is 1. The van der Waals surface area contributed by atoms with Gasteiger partial charge >= 0.3 is 0 Å². The Labute approximate surface area is 89.2 Å². The normalized spacial score (nSPS) is 20.1. The Morgan fingerprint density at radius 3 is 2.40 bits per heavy atom. The molecular formula is C12H16FNO. The van der Waals surface area contributed by atoms with Crippen LogP contribution in [0.5, 0.6) is 0 Å². The van der Waals surface area contributed by atoms with Gasteiger partial charge in [0.25, 0.3) is 0 Å². The first-order valence-corrected chi connectivity index (χ1v) is 5.29. The van der Waals surface area contributed by atoms with Crippen molar-refractivity contribution in [1.82, 2.24) is 0 Å². The number of rotatable bonds is 2. The lowest BCUT2D eigenvalue weighted by Crippen LogP contribution is -2.33. The second-order valence-electron chi connectivity index (χ2n) is 4.18. The van der Waals surface area contributed by atoms with Crippen LogP contribution in [0.1, 0.15) is 18.4 Å². The summed E-state index contributed by atoms with van der Waals surface area (Å²) in [7, 11) is 0. The van der Waals surface area contributed by atoms with Gasteiger partial charge in [0.15, 0.2) is 0 Å². The van der Waals surface area contributed by atoms with Gasteiger partial charge in [-0.05, 0) is 17.7 Å². The summed E-state index contributed by atoms with van der Waals surface area (Å²) in [5.41, 5.74) is 6.22. The lowest BCUT2D eigenvalue weighted by Gasteiger charge is -2.29. The molecular weight excluding hydrogens is 193 g/mol. The molecule has 3 heteroatoms. The molecule has 0 bridgehead atoms. The molecule has 1 heterocycles. The Balaban J connectivity index is 2.03. The van der Waals surface area contributed by atoms with Crippen molar-refractivity contribution in [1.29, 1.82) is 0 Å². The number of benzene rings is 1. The number of alkyl halides is 1. The minimum atomic E-state index is -1.09. The highest BCUT2D eigenvalue weighted by Gasteiger charge is 2.32. The summed E-state index contributed by atoms with van der Waals surface area (Å²) in [5, 5.41) is 0. The topological polar surface area (TPSA) is 35.2 Å². The fourth-order valence-electron chi connectivity index (χ4n) is 1.92. The molecule has 0 amide bonds. The Kier molecular flexibility index (Phi) is 2.91. The quantitative estimate of drug-likeness (QED) is 0.759. The van der Waals surface area contributed by atoms with Gasteiger partial charge in [0.1, 0.15) is 5.67 Å². The van der Waals surface area contributed by atoms with Gasteiger partial charge in [-0.25, -0.2) is 4.39 Å². The van der Waals surface area contributed by atoms with E-state index in [4.69, 9.17) is 10.5 Å². The predicted octanol–water partition coefficient (Wildman–Crippen LogP) is 2.33. The fourth-order valence-corrected chi connectivity index (χ4v) is 1.92. The molecule has 2 rings (SSSR count). The van der Waals surface area contributed by atoms with Crippen LogP contribution in [0, 0.1) is 0 Å². The largest absolute Gasteiger partial charge is 0.399 e. The molecule has 82 valence electrons. The van der Waals surface area contributed by atoms with Crippen molar-refractivity contribution < 1.29 is 9.13 Å². The Morgan fingerprint density at radius 2 is 1.80 bits per heavy atom. The van der Waals surface area contributed by atoms with Crippen molar-refractivity contribution in [3.63, 3.8) is 0 Å². The van der Waals surface area contributed by atoms with Gasteiger partial charge in [-0.15, -0.1) is 0 Å². The summed E-state index contributed by atoms with van der Waals surface area (Å²) in [6.07, 6.45) is 1.46. The van der Waals surface area contributed by atoms with Crippen molar-refractivity contribution in [2.24, 2.45) is 0 Å². The number of hydrogen-bond acceptors (Lipinski definition) is 2. The maximum absolute atomic E-state index is 14.2. The molecule has 0 atom stereocenters. The molecule has 0 unspecified atom stereocenters. The zero-order chi connectivity index (χ0) is 10.7. The smallest absolute Gasteiger partial charge is 0.119 e. The molecule has 0 spiro atoms. The molecule has 0 radical (unpaired) electrons. The van der Waals surface area contributed by atoms with Gasteiger partial charge in [0.05, 0.1) is 0 Å².